The highest BCUT2D eigenvalue weighted by atomic mass is 16.7. The number of rotatable bonds is 9. The quantitative estimate of drug-likeness (QED) is 0.614. The number of carbonyl (C=O) groups excluding carboxylic acids is 3. The molecule has 0 aliphatic carbocycles. The van der Waals surface area contributed by atoms with Crippen LogP contribution in [0.2, 0.25) is 0 Å². The zero-order chi connectivity index (χ0) is 21.9. The molecule has 2 rings (SSSR count). The third kappa shape index (κ3) is 7.21. The average Bonchev–Trinajstić information content (AvgIpc) is 2.77. The first-order chi connectivity index (χ1) is 14.4. The van der Waals surface area contributed by atoms with Crippen molar-refractivity contribution in [3.05, 3.63) is 71.8 Å². The third-order valence-corrected chi connectivity index (χ3v) is 4.42. The highest BCUT2D eigenvalue weighted by Gasteiger charge is 2.26. The van der Waals surface area contributed by atoms with Crippen molar-refractivity contribution in [2.24, 2.45) is 0 Å². The molecular formula is C22H27N3O5. The molecule has 0 aromatic heterocycles. The van der Waals surface area contributed by atoms with Gasteiger partial charge in [-0.25, -0.2) is 9.86 Å². The minimum Gasteiger partial charge on any atom is -0.445 e. The number of hydroxylamine groups is 2. The predicted octanol–water partition coefficient (Wildman–Crippen LogP) is 2.05. The van der Waals surface area contributed by atoms with Crippen LogP contribution in [0.1, 0.15) is 18.1 Å². The number of benzene rings is 2. The zero-order valence-electron chi connectivity index (χ0n) is 17.3. The monoisotopic (exact) mass is 413 g/mol. The summed E-state index contributed by atoms with van der Waals surface area (Å²) in [6.45, 7) is 1.63. The van der Waals surface area contributed by atoms with Gasteiger partial charge in [-0.1, -0.05) is 60.7 Å². The summed E-state index contributed by atoms with van der Waals surface area (Å²) in [6.07, 6.45) is -0.475. The second kappa shape index (κ2) is 11.6. The molecule has 160 valence electrons. The number of likely N-dealkylation sites (N-methyl/N-ethyl adjacent to an activating group) is 1. The molecule has 0 heterocycles. The standard InChI is InChI=1S/C22H27N3O5/c1-16(21(27)25(2)29-3)23-20(26)19(14-17-10-6-4-7-11-17)24-22(28)30-15-18-12-8-5-9-13-18/h4-13,16,19H,14-15H2,1-3H3,(H,23,26)(H,24,28)/t16-,19-/m1/s1. The molecule has 8 heteroatoms. The van der Waals surface area contributed by atoms with Crippen LogP contribution in [0.5, 0.6) is 0 Å². The van der Waals surface area contributed by atoms with Crippen molar-refractivity contribution < 1.29 is 24.0 Å². The molecule has 2 N–H and O–H groups in total. The zero-order valence-corrected chi connectivity index (χ0v) is 17.3. The summed E-state index contributed by atoms with van der Waals surface area (Å²) in [5.41, 5.74) is 1.69. The van der Waals surface area contributed by atoms with E-state index in [0.29, 0.717) is 0 Å². The van der Waals surface area contributed by atoms with Crippen LogP contribution in [0, 0.1) is 0 Å². The largest absolute Gasteiger partial charge is 0.445 e. The van der Waals surface area contributed by atoms with Crippen molar-refractivity contribution >= 4 is 17.9 Å². The number of alkyl carbamates (subject to hydrolysis) is 1. The minimum absolute atomic E-state index is 0.0832. The van der Waals surface area contributed by atoms with Crippen LogP contribution in [0.25, 0.3) is 0 Å². The van der Waals surface area contributed by atoms with Gasteiger partial charge in [0, 0.05) is 13.5 Å². The Labute approximate surface area is 176 Å². The Morgan fingerprint density at radius 3 is 2.07 bits per heavy atom. The molecule has 2 aromatic rings. The van der Waals surface area contributed by atoms with Crippen molar-refractivity contribution in [2.45, 2.75) is 32.0 Å². The van der Waals surface area contributed by atoms with Gasteiger partial charge in [0.05, 0.1) is 7.11 Å². The van der Waals surface area contributed by atoms with Crippen LogP contribution in [0.15, 0.2) is 60.7 Å². The summed E-state index contributed by atoms with van der Waals surface area (Å²) in [5, 5.41) is 6.23. The first-order valence-electron chi connectivity index (χ1n) is 9.54. The van der Waals surface area contributed by atoms with Gasteiger partial charge in [0.25, 0.3) is 5.91 Å². The fourth-order valence-electron chi connectivity index (χ4n) is 2.70. The van der Waals surface area contributed by atoms with Crippen LogP contribution in [-0.4, -0.2) is 49.2 Å². The maximum absolute atomic E-state index is 12.8. The van der Waals surface area contributed by atoms with Crippen LogP contribution in [-0.2, 0) is 32.2 Å². The Morgan fingerprint density at radius 2 is 1.50 bits per heavy atom. The van der Waals surface area contributed by atoms with E-state index in [2.05, 4.69) is 10.6 Å². The lowest BCUT2D eigenvalue weighted by Crippen LogP contribution is -2.53. The molecule has 2 atom stereocenters. The van der Waals surface area contributed by atoms with E-state index in [1.54, 1.807) is 6.92 Å². The fourth-order valence-corrected chi connectivity index (χ4v) is 2.70. The lowest BCUT2D eigenvalue weighted by Gasteiger charge is -2.23. The number of hydrogen-bond donors (Lipinski definition) is 2. The number of amides is 3. The lowest BCUT2D eigenvalue weighted by atomic mass is 10.1. The molecule has 0 fully saturated rings. The van der Waals surface area contributed by atoms with Crippen molar-refractivity contribution in [3.63, 3.8) is 0 Å². The molecule has 0 unspecified atom stereocenters. The molecule has 3 amide bonds. The molecule has 0 aliphatic rings. The molecule has 2 aromatic carbocycles. The molecule has 0 spiro atoms. The van der Waals surface area contributed by atoms with E-state index in [1.165, 1.54) is 14.2 Å². The fraction of sp³-hybridized carbons (Fsp3) is 0.318. The summed E-state index contributed by atoms with van der Waals surface area (Å²) >= 11 is 0. The highest BCUT2D eigenvalue weighted by molar-refractivity contribution is 5.90. The third-order valence-electron chi connectivity index (χ3n) is 4.42. The van der Waals surface area contributed by atoms with Crippen LogP contribution >= 0.6 is 0 Å². The van der Waals surface area contributed by atoms with Gasteiger partial charge in [-0.3, -0.25) is 14.4 Å². The normalized spacial score (nSPS) is 12.4. The van der Waals surface area contributed by atoms with E-state index in [1.807, 2.05) is 60.7 Å². The topological polar surface area (TPSA) is 97.0 Å². The molecule has 8 nitrogen and oxygen atoms in total. The molecule has 30 heavy (non-hydrogen) atoms. The molecule has 0 saturated heterocycles. The number of nitrogens with zero attached hydrogens (tertiary/aromatic N) is 1. The van der Waals surface area contributed by atoms with Crippen molar-refractivity contribution in [3.8, 4) is 0 Å². The summed E-state index contributed by atoms with van der Waals surface area (Å²) < 4.78 is 5.23. The van der Waals surface area contributed by atoms with E-state index < -0.39 is 30.0 Å². The Morgan fingerprint density at radius 1 is 0.933 bits per heavy atom. The molecular weight excluding hydrogens is 386 g/mol. The number of carbonyl (C=O) groups is 3. The van der Waals surface area contributed by atoms with Gasteiger partial charge in [0.1, 0.15) is 18.7 Å². The smallest absolute Gasteiger partial charge is 0.408 e. The van der Waals surface area contributed by atoms with Crippen molar-refractivity contribution in [1.82, 2.24) is 15.7 Å². The Balaban J connectivity index is 2.02. The summed E-state index contributed by atoms with van der Waals surface area (Å²) in [5.74, 6) is -0.920. The number of ether oxygens (including phenoxy) is 1. The van der Waals surface area contributed by atoms with Crippen LogP contribution in [0.4, 0.5) is 4.79 Å². The predicted molar refractivity (Wildman–Crippen MR) is 111 cm³/mol. The number of hydrogen-bond acceptors (Lipinski definition) is 5. The Hall–Kier alpha value is -3.39. The second-order valence-electron chi connectivity index (χ2n) is 6.70. The first-order valence-corrected chi connectivity index (χ1v) is 9.54. The van der Waals surface area contributed by atoms with Crippen molar-refractivity contribution in [2.75, 3.05) is 14.2 Å². The summed E-state index contributed by atoms with van der Waals surface area (Å²) in [7, 11) is 2.81. The van der Waals surface area contributed by atoms with E-state index in [-0.39, 0.29) is 13.0 Å². The molecule has 0 aliphatic heterocycles. The molecule has 0 bridgehead atoms. The Kier molecular flexibility index (Phi) is 8.83. The van der Waals surface area contributed by atoms with E-state index >= 15 is 0 Å². The van der Waals surface area contributed by atoms with Gasteiger partial charge in [-0.05, 0) is 18.1 Å². The van der Waals surface area contributed by atoms with E-state index in [9.17, 15) is 14.4 Å². The minimum atomic E-state index is -0.918. The summed E-state index contributed by atoms with van der Waals surface area (Å²) in [6, 6.07) is 16.7. The van der Waals surface area contributed by atoms with Crippen LogP contribution in [0.3, 0.4) is 0 Å². The van der Waals surface area contributed by atoms with Crippen LogP contribution < -0.4 is 10.6 Å². The van der Waals surface area contributed by atoms with Gasteiger partial charge in [0.15, 0.2) is 0 Å². The first kappa shape index (κ1) is 22.9. The SMILES string of the molecule is CON(C)C(=O)[C@@H](C)NC(=O)[C@@H](Cc1ccccc1)NC(=O)OCc1ccccc1. The number of nitrogens with one attached hydrogen (secondary N) is 2. The van der Waals surface area contributed by atoms with Gasteiger partial charge in [-0.15, -0.1) is 0 Å². The van der Waals surface area contributed by atoms with Crippen molar-refractivity contribution in [1.29, 1.82) is 0 Å². The van der Waals surface area contributed by atoms with Gasteiger partial charge >= 0.3 is 6.09 Å². The van der Waals surface area contributed by atoms with Gasteiger partial charge < -0.3 is 15.4 Å². The lowest BCUT2D eigenvalue weighted by molar-refractivity contribution is -0.171. The van der Waals surface area contributed by atoms with E-state index in [4.69, 9.17) is 9.57 Å². The second-order valence-corrected chi connectivity index (χ2v) is 6.70. The average molecular weight is 413 g/mol. The van der Waals surface area contributed by atoms with E-state index in [0.717, 1.165) is 16.2 Å². The summed E-state index contributed by atoms with van der Waals surface area (Å²) in [4.78, 5) is 42.1. The Bertz CT molecular complexity index is 829. The molecule has 0 saturated carbocycles. The maximum Gasteiger partial charge on any atom is 0.408 e. The maximum atomic E-state index is 12.8. The highest BCUT2D eigenvalue weighted by Crippen LogP contribution is 2.06. The van der Waals surface area contributed by atoms with Gasteiger partial charge in [0.2, 0.25) is 5.91 Å². The molecule has 0 radical (unpaired) electrons. The van der Waals surface area contributed by atoms with Gasteiger partial charge in [-0.2, -0.15) is 0 Å².